The van der Waals surface area contributed by atoms with Crippen molar-refractivity contribution in [2.24, 2.45) is 0 Å². The number of carboxylic acids is 1. The maximum absolute atomic E-state index is 13.3. The minimum atomic E-state index is -1.02. The largest absolute Gasteiger partial charge is 0.478 e. The predicted octanol–water partition coefficient (Wildman–Crippen LogP) is 3.62. The van der Waals surface area contributed by atoms with Gasteiger partial charge >= 0.3 is 5.97 Å². The minimum absolute atomic E-state index is 0.0278. The molecule has 0 aliphatic carbocycles. The first-order valence-electron chi connectivity index (χ1n) is 9.76. The molecule has 2 aromatic carbocycles. The number of carboxylic acid groups (broad SMARTS) is 1. The smallest absolute Gasteiger partial charge is 0.335 e. The molecule has 1 saturated heterocycles. The molecule has 0 saturated carbocycles. The number of nitrogens with zero attached hydrogens (tertiary/aromatic N) is 2. The van der Waals surface area contributed by atoms with Crippen molar-refractivity contribution in [3.8, 4) is 5.69 Å². The number of thiocarbonyl (C=S) groups is 1. The summed E-state index contributed by atoms with van der Waals surface area (Å²) in [5.41, 5.74) is 4.04. The number of aromatic carboxylic acids is 1. The molecule has 7 nitrogen and oxygen atoms in total. The Balaban J connectivity index is 1.72. The molecule has 1 aliphatic heterocycles. The number of carbonyl (C=O) groups is 3. The van der Waals surface area contributed by atoms with E-state index in [2.05, 4.69) is 5.32 Å². The van der Waals surface area contributed by atoms with Crippen LogP contribution < -0.4 is 10.2 Å². The van der Waals surface area contributed by atoms with Gasteiger partial charge in [-0.05, 0) is 91.8 Å². The van der Waals surface area contributed by atoms with Gasteiger partial charge in [0.1, 0.15) is 5.57 Å². The first-order chi connectivity index (χ1) is 15.3. The van der Waals surface area contributed by atoms with Crippen LogP contribution in [0.2, 0.25) is 0 Å². The molecule has 4 rings (SSSR count). The summed E-state index contributed by atoms with van der Waals surface area (Å²) < 4.78 is 1.76. The van der Waals surface area contributed by atoms with Crippen LogP contribution in [0.3, 0.4) is 0 Å². The summed E-state index contributed by atoms with van der Waals surface area (Å²) in [6, 6.07) is 15.4. The lowest BCUT2D eigenvalue weighted by Crippen LogP contribution is -2.54. The van der Waals surface area contributed by atoms with E-state index >= 15 is 0 Å². The van der Waals surface area contributed by atoms with Crippen LogP contribution in [-0.4, -0.2) is 32.6 Å². The third kappa shape index (κ3) is 3.83. The molecular weight excluding hydrogens is 426 g/mol. The van der Waals surface area contributed by atoms with Gasteiger partial charge in [-0.15, -0.1) is 0 Å². The van der Waals surface area contributed by atoms with Gasteiger partial charge in [-0.3, -0.25) is 19.8 Å². The fraction of sp³-hybridized carbons (Fsp3) is 0.0833. The first-order valence-corrected chi connectivity index (χ1v) is 10.2. The number of carbonyl (C=O) groups excluding carboxylic acids is 2. The van der Waals surface area contributed by atoms with Crippen LogP contribution in [0.4, 0.5) is 5.69 Å². The fourth-order valence-corrected chi connectivity index (χ4v) is 3.70. The molecule has 2 N–H and O–H groups in total. The Hall–Kier alpha value is -4.04. The molecule has 3 aromatic rings. The highest BCUT2D eigenvalue weighted by molar-refractivity contribution is 7.80. The summed E-state index contributed by atoms with van der Waals surface area (Å²) in [4.78, 5) is 38.3. The van der Waals surface area contributed by atoms with Gasteiger partial charge in [-0.2, -0.15) is 0 Å². The average molecular weight is 446 g/mol. The lowest BCUT2D eigenvalue weighted by Gasteiger charge is -2.29. The lowest BCUT2D eigenvalue weighted by atomic mass is 10.1. The number of rotatable bonds is 4. The Morgan fingerprint density at radius 3 is 2.34 bits per heavy atom. The zero-order valence-electron chi connectivity index (χ0n) is 17.3. The summed E-state index contributed by atoms with van der Waals surface area (Å²) in [6.45, 7) is 3.91. The number of amides is 2. The van der Waals surface area contributed by atoms with Crippen molar-refractivity contribution in [1.29, 1.82) is 0 Å². The second-order valence-electron chi connectivity index (χ2n) is 7.38. The van der Waals surface area contributed by atoms with E-state index in [9.17, 15) is 14.4 Å². The average Bonchev–Trinajstić information content (AvgIpc) is 3.22. The van der Waals surface area contributed by atoms with Crippen LogP contribution >= 0.6 is 12.2 Å². The molecule has 8 heteroatoms. The summed E-state index contributed by atoms with van der Waals surface area (Å²) in [7, 11) is 0. The molecule has 160 valence electrons. The predicted molar refractivity (Wildman–Crippen MR) is 125 cm³/mol. The number of aromatic nitrogens is 1. The number of nitrogens with one attached hydrogen (secondary N) is 1. The normalized spacial score (nSPS) is 15.2. The van der Waals surface area contributed by atoms with Gasteiger partial charge in [0.2, 0.25) is 0 Å². The van der Waals surface area contributed by atoms with Crippen molar-refractivity contribution in [1.82, 2.24) is 9.88 Å². The topological polar surface area (TPSA) is 91.6 Å². The van der Waals surface area contributed by atoms with E-state index < -0.39 is 17.8 Å². The summed E-state index contributed by atoms with van der Waals surface area (Å²) in [5.74, 6) is -2.11. The number of hydrogen-bond donors (Lipinski definition) is 2. The molecular formula is C24H19N3O4S. The molecule has 0 spiro atoms. The Labute approximate surface area is 189 Å². The van der Waals surface area contributed by atoms with Crippen molar-refractivity contribution in [3.63, 3.8) is 0 Å². The molecule has 1 aromatic heterocycles. The molecule has 0 radical (unpaired) electrons. The second-order valence-corrected chi connectivity index (χ2v) is 7.77. The molecule has 0 unspecified atom stereocenters. The van der Waals surface area contributed by atoms with E-state index in [0.717, 1.165) is 11.1 Å². The van der Waals surface area contributed by atoms with E-state index in [-0.39, 0.29) is 16.2 Å². The van der Waals surface area contributed by atoms with Crippen LogP contribution in [-0.2, 0) is 9.59 Å². The number of benzene rings is 2. The number of hydrogen-bond acceptors (Lipinski definition) is 4. The van der Waals surface area contributed by atoms with Gasteiger partial charge < -0.3 is 9.67 Å². The Kier molecular flexibility index (Phi) is 5.46. The summed E-state index contributed by atoms with van der Waals surface area (Å²) in [6.07, 6.45) is 3.26. The quantitative estimate of drug-likeness (QED) is 0.364. The van der Waals surface area contributed by atoms with E-state index in [1.807, 2.05) is 26.0 Å². The number of aryl methyl sites for hydroxylation is 2. The van der Waals surface area contributed by atoms with Crippen LogP contribution in [0.1, 0.15) is 27.2 Å². The zero-order chi connectivity index (χ0) is 23.0. The highest BCUT2D eigenvalue weighted by Crippen LogP contribution is 2.25. The molecule has 0 atom stereocenters. The second kappa shape index (κ2) is 8.24. The fourth-order valence-electron chi connectivity index (χ4n) is 3.42. The van der Waals surface area contributed by atoms with Gasteiger partial charge in [0.05, 0.1) is 11.3 Å². The number of anilines is 1. The minimum Gasteiger partial charge on any atom is -0.478 e. The van der Waals surface area contributed by atoms with Gasteiger partial charge in [-0.1, -0.05) is 6.07 Å². The lowest BCUT2D eigenvalue weighted by molar-refractivity contribution is -0.122. The molecule has 0 bridgehead atoms. The van der Waals surface area contributed by atoms with Gasteiger partial charge in [0.25, 0.3) is 11.8 Å². The Bertz CT molecular complexity index is 1310. The van der Waals surface area contributed by atoms with Crippen LogP contribution in [0.15, 0.2) is 66.4 Å². The van der Waals surface area contributed by atoms with Crippen molar-refractivity contribution >= 4 is 46.9 Å². The van der Waals surface area contributed by atoms with Gasteiger partial charge in [-0.25, -0.2) is 4.79 Å². The molecule has 1 fully saturated rings. The third-order valence-electron chi connectivity index (χ3n) is 5.32. The highest BCUT2D eigenvalue weighted by atomic mass is 32.1. The molecule has 32 heavy (non-hydrogen) atoms. The van der Waals surface area contributed by atoms with Crippen molar-refractivity contribution < 1.29 is 19.5 Å². The van der Waals surface area contributed by atoms with Gasteiger partial charge in [0.15, 0.2) is 5.11 Å². The summed E-state index contributed by atoms with van der Waals surface area (Å²) >= 11 is 5.27. The first kappa shape index (κ1) is 21.2. The monoisotopic (exact) mass is 445 g/mol. The van der Waals surface area contributed by atoms with E-state index in [4.69, 9.17) is 17.3 Å². The van der Waals surface area contributed by atoms with Crippen LogP contribution in [0.25, 0.3) is 11.8 Å². The highest BCUT2D eigenvalue weighted by Gasteiger charge is 2.34. The zero-order valence-corrected chi connectivity index (χ0v) is 18.1. The molecule has 2 heterocycles. The van der Waals surface area contributed by atoms with E-state index in [1.165, 1.54) is 23.1 Å². The van der Waals surface area contributed by atoms with E-state index in [0.29, 0.717) is 17.1 Å². The third-order valence-corrected chi connectivity index (χ3v) is 5.60. The van der Waals surface area contributed by atoms with Crippen molar-refractivity contribution in [3.05, 3.63) is 88.8 Å². The molecule has 1 aliphatic rings. The standard InChI is InChI=1S/C24H19N3O4S/c1-14-5-8-19(12-15(14)2)27-22(29)20(21(28)25-24(27)32)13-18-4-3-11-26(18)17-9-6-16(7-10-17)23(30)31/h3-13H,1-2H3,(H,30,31)(H,25,28,32)/b20-13-. The maximum Gasteiger partial charge on any atom is 0.335 e. The Morgan fingerprint density at radius 2 is 1.69 bits per heavy atom. The van der Waals surface area contributed by atoms with Crippen LogP contribution in [0, 0.1) is 13.8 Å². The SMILES string of the molecule is Cc1ccc(N2C(=O)/C(=C\c3cccn3-c3ccc(C(=O)O)cc3)C(=O)NC2=S)cc1C. The Morgan fingerprint density at radius 1 is 1.00 bits per heavy atom. The van der Waals surface area contributed by atoms with E-state index in [1.54, 1.807) is 41.1 Å². The summed E-state index contributed by atoms with van der Waals surface area (Å²) in [5, 5.41) is 11.7. The van der Waals surface area contributed by atoms with Crippen molar-refractivity contribution in [2.45, 2.75) is 13.8 Å². The van der Waals surface area contributed by atoms with Crippen molar-refractivity contribution in [2.75, 3.05) is 4.90 Å². The maximum atomic E-state index is 13.3. The molecule has 2 amide bonds. The van der Waals surface area contributed by atoms with Gasteiger partial charge in [0, 0.05) is 17.6 Å². The van der Waals surface area contributed by atoms with Crippen LogP contribution in [0.5, 0.6) is 0 Å².